The number of aliphatic hydroxyl groups excluding tert-OH is 1. The van der Waals surface area contributed by atoms with E-state index in [1.54, 1.807) is 6.07 Å². The Labute approximate surface area is 235 Å². The van der Waals surface area contributed by atoms with Crippen LogP contribution in [0.3, 0.4) is 0 Å². The minimum atomic E-state index is -4.70. The van der Waals surface area contributed by atoms with Crippen LogP contribution in [-0.2, 0) is 39.2 Å². The number of aromatic nitrogens is 6. The van der Waals surface area contributed by atoms with Crippen LogP contribution < -0.4 is 16.0 Å². The topological polar surface area (TPSA) is 249 Å². The molecule has 3 aromatic rings. The Morgan fingerprint density at radius 1 is 1.17 bits per heavy atom. The zero-order valence-electron chi connectivity index (χ0n) is 20.9. The largest absolute Gasteiger partial charge is 0.474 e. The summed E-state index contributed by atoms with van der Waals surface area (Å²) >= 11 is 5.25. The monoisotopic (exact) mass is 633 g/mol. The molecule has 1 saturated carbocycles. The van der Waals surface area contributed by atoms with Gasteiger partial charge < -0.3 is 34.6 Å². The molecule has 6 N–H and O–H groups in total. The number of nitrogens with two attached hydrogens (primary N) is 1. The van der Waals surface area contributed by atoms with Crippen LogP contribution in [0.1, 0.15) is 19.1 Å². The Morgan fingerprint density at radius 2 is 2.00 bits per heavy atom. The third kappa shape index (κ3) is 6.07. The highest BCUT2D eigenvalue weighted by Gasteiger charge is 2.50. The van der Waals surface area contributed by atoms with Crippen molar-refractivity contribution in [3.8, 4) is 5.88 Å². The lowest BCUT2D eigenvalue weighted by Crippen LogP contribution is -2.35. The summed E-state index contributed by atoms with van der Waals surface area (Å²) < 4.78 is 48.0. The van der Waals surface area contributed by atoms with Crippen molar-refractivity contribution >= 4 is 43.5 Å². The summed E-state index contributed by atoms with van der Waals surface area (Å²) in [6.07, 6.45) is -2.33. The summed E-state index contributed by atoms with van der Waals surface area (Å²) in [5.74, 6) is -0.461. The average molecular weight is 633 g/mol. The van der Waals surface area contributed by atoms with E-state index in [1.807, 2.05) is 0 Å². The smallest absolute Gasteiger partial charge is 0.472 e. The zero-order valence-corrected chi connectivity index (χ0v) is 23.5. The van der Waals surface area contributed by atoms with Crippen LogP contribution in [-0.4, -0.2) is 88.1 Å². The number of aliphatic hydroxyl groups is 1. The second kappa shape index (κ2) is 11.0. The number of nitrogens with one attached hydrogen (secondary N) is 1. The number of fused-ring (bicyclic) bond motifs is 4. The maximum absolute atomic E-state index is 12.9. The molecule has 9 atom stereocenters. The molecule has 3 aliphatic rings. The lowest BCUT2D eigenvalue weighted by atomic mass is 10.1. The zero-order chi connectivity index (χ0) is 28.9. The van der Waals surface area contributed by atoms with Crippen LogP contribution in [0.15, 0.2) is 29.7 Å². The normalized spacial score (nSPS) is 38.1. The predicted octanol–water partition coefficient (Wildman–Crippen LogP) is -0.258. The molecule has 3 fully saturated rings. The van der Waals surface area contributed by atoms with Gasteiger partial charge in [0, 0.05) is 24.6 Å². The lowest BCUT2D eigenvalue weighted by Gasteiger charge is -2.27. The van der Waals surface area contributed by atoms with Gasteiger partial charge in [-0.15, -0.1) is 0 Å². The molecule has 2 aliphatic heterocycles. The van der Waals surface area contributed by atoms with Crippen LogP contribution in [0.5, 0.6) is 5.88 Å². The number of rotatable bonds is 3. The van der Waals surface area contributed by atoms with Gasteiger partial charge in [-0.3, -0.25) is 27.9 Å². The highest BCUT2D eigenvalue weighted by atomic mass is 32.5. The van der Waals surface area contributed by atoms with Crippen molar-refractivity contribution in [2.24, 2.45) is 5.92 Å². The van der Waals surface area contributed by atoms with Crippen molar-refractivity contribution in [3.63, 3.8) is 0 Å². The van der Waals surface area contributed by atoms with Gasteiger partial charge in [0.2, 0.25) is 11.8 Å². The van der Waals surface area contributed by atoms with Crippen molar-refractivity contribution in [2.45, 2.75) is 49.6 Å². The number of nitrogen functional groups attached to an aromatic ring is 1. The minimum absolute atomic E-state index is 0.00779. The van der Waals surface area contributed by atoms with Crippen molar-refractivity contribution in [3.05, 3.63) is 35.3 Å². The number of ether oxygens (including phenoxy) is 2. The molecule has 21 heteroatoms. The number of hydrogen-bond acceptors (Lipinski definition) is 15. The average Bonchev–Trinajstić information content (AvgIpc) is 3.57. The number of nitrogens with zero attached hydrogens (tertiary/aromatic N) is 5. The SMILES string of the molecule is Nc1nc2c(ncn2[C@@H]2O[C@@H]3COP(=O)(O)O[C@H]4C[C@H](Oc5ccncn5)C[C@@H]4COP(O)(=S)O[C@@H]2[C@@H]3O)c(=O)[nH]1. The number of imidazole rings is 1. The van der Waals surface area contributed by atoms with E-state index in [0.29, 0.717) is 12.3 Å². The highest BCUT2D eigenvalue weighted by molar-refractivity contribution is 8.07. The van der Waals surface area contributed by atoms with Gasteiger partial charge in [-0.25, -0.2) is 19.5 Å². The van der Waals surface area contributed by atoms with Gasteiger partial charge in [0.15, 0.2) is 17.4 Å². The summed E-state index contributed by atoms with van der Waals surface area (Å²) in [6, 6.07) is 1.56. The van der Waals surface area contributed by atoms with E-state index in [1.165, 1.54) is 23.4 Å². The summed E-state index contributed by atoms with van der Waals surface area (Å²) in [4.78, 5) is 52.0. The van der Waals surface area contributed by atoms with Crippen LogP contribution in [0.25, 0.3) is 11.2 Å². The molecule has 1 aliphatic carbocycles. The molecule has 41 heavy (non-hydrogen) atoms. The molecule has 2 unspecified atom stereocenters. The molecule has 3 aromatic heterocycles. The maximum Gasteiger partial charge on any atom is 0.472 e. The summed E-state index contributed by atoms with van der Waals surface area (Å²) in [5.41, 5.74) is 4.98. The van der Waals surface area contributed by atoms with Crippen LogP contribution >= 0.6 is 14.5 Å². The van der Waals surface area contributed by atoms with E-state index in [4.69, 9.17) is 45.1 Å². The standard InChI is InChI=1S/C20H25N7O11P2S/c21-20-25-17-14(18(29)26-20)24-8-27(17)19-16-15(28)12(36-19)6-33-39(30,31)37-11-4-10(35-13-1-2-22-7-23-13)3-9(11)5-34-40(32,41)38-16/h1-2,7-12,15-16,19,28H,3-6H2,(H,30,31)(H,32,41)(H3,21,25,26,29)/t9-,10-,11+,12-,15-,16-,19-,40?/m1/s1. The van der Waals surface area contributed by atoms with Crippen LogP contribution in [0.2, 0.25) is 0 Å². The van der Waals surface area contributed by atoms with Crippen molar-refractivity contribution < 1.29 is 47.0 Å². The van der Waals surface area contributed by atoms with E-state index < -0.39 is 69.4 Å². The van der Waals surface area contributed by atoms with Crippen molar-refractivity contribution in [1.29, 1.82) is 0 Å². The second-order valence-electron chi connectivity index (χ2n) is 9.59. The quantitative estimate of drug-likeness (QED) is 0.233. The lowest BCUT2D eigenvalue weighted by molar-refractivity contribution is -0.0542. The number of hydrogen-bond donors (Lipinski definition) is 5. The molecular weight excluding hydrogens is 608 g/mol. The molecule has 0 radical (unpaired) electrons. The van der Waals surface area contributed by atoms with Gasteiger partial charge in [0.25, 0.3) is 5.56 Å². The maximum atomic E-state index is 12.9. The van der Waals surface area contributed by atoms with E-state index >= 15 is 0 Å². The van der Waals surface area contributed by atoms with Gasteiger partial charge in [-0.1, -0.05) is 0 Å². The molecule has 0 amide bonds. The van der Waals surface area contributed by atoms with E-state index in [2.05, 4.69) is 24.9 Å². The molecular formula is C20H25N7O11P2S. The number of aromatic amines is 1. The van der Waals surface area contributed by atoms with Crippen molar-refractivity contribution in [1.82, 2.24) is 29.5 Å². The first-order chi connectivity index (χ1) is 19.5. The Hall–Kier alpha value is -2.41. The molecule has 222 valence electrons. The first-order valence-electron chi connectivity index (χ1n) is 12.3. The minimum Gasteiger partial charge on any atom is -0.474 e. The van der Waals surface area contributed by atoms with E-state index in [0.717, 1.165) is 0 Å². The molecule has 2 saturated heterocycles. The fourth-order valence-corrected chi connectivity index (χ4v) is 7.48. The summed E-state index contributed by atoms with van der Waals surface area (Å²) in [7, 11) is -4.70. The molecule has 5 heterocycles. The number of phosphoric ester groups is 1. The predicted molar refractivity (Wildman–Crippen MR) is 140 cm³/mol. The third-order valence-electron chi connectivity index (χ3n) is 6.84. The first-order valence-corrected chi connectivity index (χ1v) is 16.4. The highest BCUT2D eigenvalue weighted by Crippen LogP contribution is 2.54. The Balaban J connectivity index is 1.28. The van der Waals surface area contributed by atoms with Crippen LogP contribution in [0, 0.1) is 5.92 Å². The molecule has 6 rings (SSSR count). The number of phosphoric acid groups is 1. The van der Waals surface area contributed by atoms with Gasteiger partial charge in [-0.05, 0) is 18.2 Å². The van der Waals surface area contributed by atoms with E-state index in [9.17, 15) is 24.3 Å². The third-order valence-corrected chi connectivity index (χ3v) is 9.42. The van der Waals surface area contributed by atoms with Gasteiger partial charge in [0.1, 0.15) is 30.7 Å². The van der Waals surface area contributed by atoms with Gasteiger partial charge >= 0.3 is 14.5 Å². The van der Waals surface area contributed by atoms with Gasteiger partial charge in [0.05, 0.1) is 25.6 Å². The Kier molecular flexibility index (Phi) is 7.71. The molecule has 0 spiro atoms. The summed E-state index contributed by atoms with van der Waals surface area (Å²) in [5, 5.41) is 11.0. The Bertz CT molecular complexity index is 1580. The fourth-order valence-electron chi connectivity index (χ4n) is 5.02. The second-order valence-corrected chi connectivity index (χ2v) is 13.8. The van der Waals surface area contributed by atoms with Crippen LogP contribution in [0.4, 0.5) is 5.95 Å². The van der Waals surface area contributed by atoms with Gasteiger partial charge in [-0.2, -0.15) is 4.98 Å². The molecule has 2 bridgehead atoms. The van der Waals surface area contributed by atoms with E-state index in [-0.39, 0.29) is 30.1 Å². The number of H-pyrrole nitrogens is 1. The first kappa shape index (κ1) is 28.7. The number of anilines is 1. The molecule has 0 aromatic carbocycles. The Morgan fingerprint density at radius 3 is 2.78 bits per heavy atom. The summed E-state index contributed by atoms with van der Waals surface area (Å²) in [6.45, 7) is -4.91. The van der Waals surface area contributed by atoms with Crippen molar-refractivity contribution in [2.75, 3.05) is 18.9 Å². The molecule has 18 nitrogen and oxygen atoms in total. The fraction of sp³-hybridized carbons (Fsp3) is 0.550.